The van der Waals surface area contributed by atoms with E-state index in [4.69, 9.17) is 14.2 Å². The Morgan fingerprint density at radius 2 is 1.67 bits per heavy atom. The van der Waals surface area contributed by atoms with Gasteiger partial charge in [0, 0.05) is 24.9 Å². The number of hydrogen-bond donors (Lipinski definition) is 1. The van der Waals surface area contributed by atoms with Crippen LogP contribution in [0.25, 0.3) is 5.57 Å². The third-order valence-electron chi connectivity index (χ3n) is 5.01. The van der Waals surface area contributed by atoms with Crippen LogP contribution in [0, 0.1) is 11.6 Å². The van der Waals surface area contributed by atoms with Crippen molar-refractivity contribution >= 4 is 23.1 Å². The number of carbonyl (C=O) groups excluding carboxylic acids is 2. The number of halogens is 2. The van der Waals surface area contributed by atoms with Crippen molar-refractivity contribution in [1.29, 1.82) is 0 Å². The van der Waals surface area contributed by atoms with Gasteiger partial charge in [-0.15, -0.1) is 0 Å². The molecule has 0 atom stereocenters. The molecule has 0 unspecified atom stereocenters. The maximum Gasteiger partial charge on any atom is 0.278 e. The Morgan fingerprint density at radius 3 is 2.30 bits per heavy atom. The molecule has 0 spiro atoms. The highest BCUT2D eigenvalue weighted by atomic mass is 19.2. The Hall–Kier alpha value is -3.46. The average Bonchev–Trinajstić information content (AvgIpc) is 3.02. The zero-order valence-corrected chi connectivity index (χ0v) is 18.9. The number of hydrogen-bond acceptors (Lipinski definition) is 6. The van der Waals surface area contributed by atoms with Gasteiger partial charge in [-0.3, -0.25) is 14.5 Å². The van der Waals surface area contributed by atoms with Crippen LogP contribution in [0.5, 0.6) is 11.5 Å². The summed E-state index contributed by atoms with van der Waals surface area (Å²) in [5.74, 6) is -2.35. The lowest BCUT2D eigenvalue weighted by Crippen LogP contribution is -2.34. The second-order valence-corrected chi connectivity index (χ2v) is 7.61. The van der Waals surface area contributed by atoms with E-state index in [9.17, 15) is 18.4 Å². The molecule has 2 aromatic rings. The quantitative estimate of drug-likeness (QED) is 0.427. The fourth-order valence-electron chi connectivity index (χ4n) is 3.41. The van der Waals surface area contributed by atoms with E-state index in [1.54, 1.807) is 18.2 Å². The van der Waals surface area contributed by atoms with Gasteiger partial charge in [0.05, 0.1) is 25.9 Å². The van der Waals surface area contributed by atoms with Crippen LogP contribution in [0.1, 0.15) is 25.8 Å². The minimum atomic E-state index is -1.08. The number of anilines is 1. The van der Waals surface area contributed by atoms with Crippen molar-refractivity contribution < 1.29 is 32.6 Å². The summed E-state index contributed by atoms with van der Waals surface area (Å²) in [4.78, 5) is 27.6. The summed E-state index contributed by atoms with van der Waals surface area (Å²) in [5, 5.41) is 2.80. The molecule has 0 bridgehead atoms. The number of imide groups is 1. The van der Waals surface area contributed by atoms with Gasteiger partial charge in [-0.25, -0.2) is 8.78 Å². The van der Waals surface area contributed by atoms with E-state index in [2.05, 4.69) is 5.32 Å². The van der Waals surface area contributed by atoms with Gasteiger partial charge in [-0.2, -0.15) is 0 Å². The molecule has 2 aromatic carbocycles. The van der Waals surface area contributed by atoms with Gasteiger partial charge in [0.15, 0.2) is 23.1 Å². The van der Waals surface area contributed by atoms with Crippen molar-refractivity contribution in [2.75, 3.05) is 32.7 Å². The summed E-state index contributed by atoms with van der Waals surface area (Å²) in [6.07, 6.45) is 0.480. The van der Waals surface area contributed by atoms with Crippen LogP contribution >= 0.6 is 0 Å². The number of nitrogens with zero attached hydrogens (tertiary/aromatic N) is 1. The lowest BCUT2D eigenvalue weighted by atomic mass is 10.0. The lowest BCUT2D eigenvalue weighted by molar-refractivity contribution is -0.137. The molecular formula is C24H26F2N2O5. The van der Waals surface area contributed by atoms with Crippen molar-refractivity contribution in [3.63, 3.8) is 0 Å². The number of carbonyl (C=O) groups is 2. The summed E-state index contributed by atoms with van der Waals surface area (Å²) in [7, 11) is 2.94. The highest BCUT2D eigenvalue weighted by Gasteiger charge is 2.39. The van der Waals surface area contributed by atoms with E-state index in [0.717, 1.165) is 17.0 Å². The molecule has 1 heterocycles. The molecule has 0 aliphatic carbocycles. The first-order chi connectivity index (χ1) is 15.8. The monoisotopic (exact) mass is 460 g/mol. The van der Waals surface area contributed by atoms with Crippen molar-refractivity contribution in [1.82, 2.24) is 4.90 Å². The number of rotatable bonds is 10. The molecule has 3 rings (SSSR count). The van der Waals surface area contributed by atoms with Gasteiger partial charge in [0.1, 0.15) is 5.70 Å². The second-order valence-electron chi connectivity index (χ2n) is 7.61. The van der Waals surface area contributed by atoms with Crippen molar-refractivity contribution in [2.45, 2.75) is 26.4 Å². The van der Waals surface area contributed by atoms with Crippen LogP contribution in [-0.2, 0) is 14.3 Å². The Labute approximate surface area is 190 Å². The normalized spacial score (nSPS) is 13.8. The minimum Gasteiger partial charge on any atom is -0.493 e. The number of methoxy groups -OCH3 is 2. The van der Waals surface area contributed by atoms with E-state index in [1.807, 2.05) is 13.8 Å². The standard InChI is InChI=1S/C24H26F2N2O5/c1-14(2)33-11-5-10-28-23(29)21(15-6-9-19(31-3)20(12-15)32-4)22(24(28)30)27-16-7-8-17(25)18(26)13-16/h6-9,12-14,27H,5,10-11H2,1-4H3. The average molecular weight is 460 g/mol. The van der Waals surface area contributed by atoms with Gasteiger partial charge < -0.3 is 19.5 Å². The second kappa shape index (κ2) is 10.4. The molecule has 0 saturated heterocycles. The summed E-state index contributed by atoms with van der Waals surface area (Å²) in [6.45, 7) is 4.32. The summed E-state index contributed by atoms with van der Waals surface area (Å²) in [6, 6.07) is 7.97. The number of amides is 2. The summed E-state index contributed by atoms with van der Waals surface area (Å²) in [5.41, 5.74) is 0.600. The van der Waals surface area contributed by atoms with E-state index in [1.165, 1.54) is 20.3 Å². The Balaban J connectivity index is 1.99. The molecule has 1 aliphatic rings. The molecule has 1 N–H and O–H groups in total. The first-order valence-corrected chi connectivity index (χ1v) is 10.4. The molecule has 0 radical (unpaired) electrons. The summed E-state index contributed by atoms with van der Waals surface area (Å²) >= 11 is 0. The molecule has 0 saturated carbocycles. The fraction of sp³-hybridized carbons (Fsp3) is 0.333. The van der Waals surface area contributed by atoms with Crippen LogP contribution in [0.2, 0.25) is 0 Å². The molecule has 2 amide bonds. The highest BCUT2D eigenvalue weighted by Crippen LogP contribution is 2.35. The van der Waals surface area contributed by atoms with Gasteiger partial charge in [0.2, 0.25) is 0 Å². The zero-order chi connectivity index (χ0) is 24.1. The maximum atomic E-state index is 13.7. The van der Waals surface area contributed by atoms with Crippen LogP contribution < -0.4 is 14.8 Å². The van der Waals surface area contributed by atoms with E-state index < -0.39 is 23.4 Å². The third-order valence-corrected chi connectivity index (χ3v) is 5.01. The van der Waals surface area contributed by atoms with Crippen LogP contribution in [-0.4, -0.2) is 50.2 Å². The maximum absolute atomic E-state index is 13.7. The third kappa shape index (κ3) is 5.31. The van der Waals surface area contributed by atoms with Crippen LogP contribution in [0.15, 0.2) is 42.1 Å². The highest BCUT2D eigenvalue weighted by molar-refractivity contribution is 6.36. The molecular weight excluding hydrogens is 434 g/mol. The predicted molar refractivity (Wildman–Crippen MR) is 119 cm³/mol. The van der Waals surface area contributed by atoms with Crippen molar-refractivity contribution in [3.8, 4) is 11.5 Å². The summed E-state index contributed by atoms with van der Waals surface area (Å²) < 4.78 is 43.2. The molecule has 1 aliphatic heterocycles. The van der Waals surface area contributed by atoms with Crippen LogP contribution in [0.3, 0.4) is 0 Å². The Kier molecular flexibility index (Phi) is 7.65. The van der Waals surface area contributed by atoms with E-state index in [0.29, 0.717) is 30.1 Å². The molecule has 33 heavy (non-hydrogen) atoms. The molecule has 176 valence electrons. The lowest BCUT2D eigenvalue weighted by Gasteiger charge is -2.16. The first-order valence-electron chi connectivity index (χ1n) is 10.4. The van der Waals surface area contributed by atoms with Gasteiger partial charge in [0.25, 0.3) is 11.8 Å². The zero-order valence-electron chi connectivity index (χ0n) is 18.9. The smallest absolute Gasteiger partial charge is 0.278 e. The van der Waals surface area contributed by atoms with E-state index >= 15 is 0 Å². The SMILES string of the molecule is COc1ccc(C2=C(Nc3ccc(F)c(F)c3)C(=O)N(CCCOC(C)C)C2=O)cc1OC. The number of nitrogens with one attached hydrogen (secondary N) is 1. The molecule has 0 aromatic heterocycles. The number of ether oxygens (including phenoxy) is 3. The first kappa shape index (κ1) is 24.2. The fourth-order valence-corrected chi connectivity index (χ4v) is 3.41. The van der Waals surface area contributed by atoms with Crippen LogP contribution in [0.4, 0.5) is 14.5 Å². The Morgan fingerprint density at radius 1 is 0.939 bits per heavy atom. The van der Waals surface area contributed by atoms with Gasteiger partial charge in [-0.1, -0.05) is 6.07 Å². The molecule has 9 heteroatoms. The largest absolute Gasteiger partial charge is 0.493 e. The van der Waals surface area contributed by atoms with Crippen molar-refractivity contribution in [2.24, 2.45) is 0 Å². The topological polar surface area (TPSA) is 77.1 Å². The van der Waals surface area contributed by atoms with Gasteiger partial charge in [-0.05, 0) is 50.1 Å². The van der Waals surface area contributed by atoms with E-state index in [-0.39, 0.29) is 29.6 Å². The van der Waals surface area contributed by atoms with Crippen molar-refractivity contribution in [3.05, 3.63) is 59.3 Å². The molecule has 0 fully saturated rings. The Bertz CT molecular complexity index is 1080. The predicted octanol–water partition coefficient (Wildman–Crippen LogP) is 3.99. The number of benzene rings is 2. The van der Waals surface area contributed by atoms with Gasteiger partial charge >= 0.3 is 0 Å². The molecule has 7 nitrogen and oxygen atoms in total. The minimum absolute atomic E-state index is 0.0287.